The van der Waals surface area contributed by atoms with Crippen LogP contribution in [0.2, 0.25) is 0 Å². The summed E-state index contributed by atoms with van der Waals surface area (Å²) >= 11 is 0. The van der Waals surface area contributed by atoms with Gasteiger partial charge in [-0.2, -0.15) is 8.42 Å². The van der Waals surface area contributed by atoms with Crippen molar-refractivity contribution in [2.45, 2.75) is 49.2 Å². The Kier molecular flexibility index (Phi) is 4.68. The second-order valence-electron chi connectivity index (χ2n) is 6.53. The molecule has 24 heavy (non-hydrogen) atoms. The SMILES string of the molecule is COC(=O)C12CCC(CC1)C(COS(=O)(=O)c1ccc(C)cc1)O2. The van der Waals surface area contributed by atoms with Crippen LogP contribution in [0.4, 0.5) is 0 Å². The molecule has 132 valence electrons. The van der Waals surface area contributed by atoms with Gasteiger partial charge in [0, 0.05) is 0 Å². The van der Waals surface area contributed by atoms with Crippen molar-refractivity contribution in [3.05, 3.63) is 29.8 Å². The highest BCUT2D eigenvalue weighted by Crippen LogP contribution is 2.45. The third kappa shape index (κ3) is 3.20. The van der Waals surface area contributed by atoms with Crippen LogP contribution in [0.5, 0.6) is 0 Å². The predicted molar refractivity (Wildman–Crippen MR) is 85.9 cm³/mol. The summed E-state index contributed by atoms with van der Waals surface area (Å²) in [5.74, 6) is -0.170. The maximum atomic E-state index is 12.3. The van der Waals surface area contributed by atoms with Gasteiger partial charge in [-0.1, -0.05) is 17.7 Å². The van der Waals surface area contributed by atoms with E-state index in [-0.39, 0.29) is 23.4 Å². The van der Waals surface area contributed by atoms with E-state index in [2.05, 4.69) is 0 Å². The van der Waals surface area contributed by atoms with Crippen molar-refractivity contribution in [1.29, 1.82) is 0 Å². The van der Waals surface area contributed by atoms with Crippen LogP contribution in [-0.4, -0.2) is 39.8 Å². The topological polar surface area (TPSA) is 78.9 Å². The Morgan fingerprint density at radius 2 is 1.88 bits per heavy atom. The molecule has 1 unspecified atom stereocenters. The Bertz CT molecular complexity index is 701. The lowest BCUT2D eigenvalue weighted by atomic mass is 9.73. The Morgan fingerprint density at radius 1 is 1.25 bits per heavy atom. The molecule has 6 nitrogen and oxygen atoms in total. The fourth-order valence-corrected chi connectivity index (χ4v) is 4.44. The quantitative estimate of drug-likeness (QED) is 0.596. The Labute approximate surface area is 142 Å². The number of methoxy groups -OCH3 is 1. The van der Waals surface area contributed by atoms with Gasteiger partial charge in [-0.3, -0.25) is 4.18 Å². The number of benzene rings is 1. The average Bonchev–Trinajstić information content (AvgIpc) is 2.60. The number of aryl methyl sites for hydroxylation is 1. The molecular weight excluding hydrogens is 332 g/mol. The minimum Gasteiger partial charge on any atom is -0.467 e. The zero-order valence-corrected chi connectivity index (χ0v) is 14.7. The molecule has 0 aromatic heterocycles. The van der Waals surface area contributed by atoms with Crippen LogP contribution in [0.3, 0.4) is 0 Å². The van der Waals surface area contributed by atoms with Crippen LogP contribution in [0.1, 0.15) is 31.2 Å². The number of ether oxygens (including phenoxy) is 2. The molecule has 0 spiro atoms. The van der Waals surface area contributed by atoms with Gasteiger partial charge < -0.3 is 9.47 Å². The van der Waals surface area contributed by atoms with Crippen molar-refractivity contribution in [3.8, 4) is 0 Å². The Balaban J connectivity index is 1.68. The van der Waals surface area contributed by atoms with Crippen molar-refractivity contribution in [2.24, 2.45) is 5.92 Å². The van der Waals surface area contributed by atoms with Crippen LogP contribution in [-0.2, 0) is 28.6 Å². The molecule has 2 aliphatic heterocycles. The predicted octanol–water partition coefficient (Wildman–Crippen LogP) is 2.20. The first kappa shape index (κ1) is 17.4. The fourth-order valence-electron chi connectivity index (χ4n) is 3.52. The summed E-state index contributed by atoms with van der Waals surface area (Å²) in [5, 5.41) is 0. The molecule has 1 saturated carbocycles. The summed E-state index contributed by atoms with van der Waals surface area (Å²) in [4.78, 5) is 12.2. The van der Waals surface area contributed by atoms with E-state index in [0.717, 1.165) is 18.4 Å². The van der Waals surface area contributed by atoms with Gasteiger partial charge in [0.15, 0.2) is 5.60 Å². The van der Waals surface area contributed by atoms with Crippen LogP contribution in [0, 0.1) is 12.8 Å². The van der Waals surface area contributed by atoms with Crippen molar-refractivity contribution >= 4 is 16.1 Å². The lowest BCUT2D eigenvalue weighted by Gasteiger charge is -2.48. The van der Waals surface area contributed by atoms with Gasteiger partial charge in [-0.25, -0.2) is 4.79 Å². The van der Waals surface area contributed by atoms with Gasteiger partial charge in [-0.05, 0) is 50.7 Å². The molecule has 0 radical (unpaired) electrons. The minimum absolute atomic E-state index is 0.0837. The molecule has 1 aliphatic carbocycles. The number of esters is 1. The van der Waals surface area contributed by atoms with Crippen molar-refractivity contribution in [2.75, 3.05) is 13.7 Å². The lowest BCUT2D eigenvalue weighted by molar-refractivity contribution is -0.219. The number of hydrogen-bond acceptors (Lipinski definition) is 6. The lowest BCUT2D eigenvalue weighted by Crippen LogP contribution is -2.56. The van der Waals surface area contributed by atoms with Gasteiger partial charge in [0.2, 0.25) is 0 Å². The van der Waals surface area contributed by atoms with Gasteiger partial charge in [0.1, 0.15) is 0 Å². The molecule has 7 heteroatoms. The first-order valence-corrected chi connectivity index (χ1v) is 9.49. The van der Waals surface area contributed by atoms with Crippen LogP contribution < -0.4 is 0 Å². The molecule has 4 rings (SSSR count). The van der Waals surface area contributed by atoms with Crippen molar-refractivity contribution in [3.63, 3.8) is 0 Å². The third-order valence-corrected chi connectivity index (χ3v) is 6.29. The second kappa shape index (κ2) is 6.46. The molecule has 2 heterocycles. The summed E-state index contributed by atoms with van der Waals surface area (Å²) in [6.45, 7) is 1.80. The minimum atomic E-state index is -3.84. The molecule has 0 amide bonds. The fraction of sp³-hybridized carbons (Fsp3) is 0.588. The maximum absolute atomic E-state index is 12.3. The summed E-state index contributed by atoms with van der Waals surface area (Å²) < 4.78 is 40.6. The number of carbonyl (C=O) groups is 1. The second-order valence-corrected chi connectivity index (χ2v) is 8.15. The molecular formula is C17H22O6S. The monoisotopic (exact) mass is 354 g/mol. The summed E-state index contributed by atoms with van der Waals surface area (Å²) in [6.07, 6.45) is 2.45. The summed E-state index contributed by atoms with van der Waals surface area (Å²) in [5.41, 5.74) is 0.0346. The van der Waals surface area contributed by atoms with Gasteiger partial charge in [-0.15, -0.1) is 0 Å². The molecule has 0 N–H and O–H groups in total. The molecule has 1 aromatic rings. The molecule has 3 aliphatic rings. The standard InChI is InChI=1S/C17H22O6S/c1-12-3-5-14(6-4-12)24(19,20)22-11-15-13-7-9-17(23-15,10-8-13)16(18)21-2/h3-6,13,15H,7-11H2,1-2H3. The first-order valence-electron chi connectivity index (χ1n) is 8.09. The zero-order valence-electron chi connectivity index (χ0n) is 13.9. The van der Waals surface area contributed by atoms with Crippen molar-refractivity contribution in [1.82, 2.24) is 0 Å². The van der Waals surface area contributed by atoms with Crippen LogP contribution >= 0.6 is 0 Å². The van der Waals surface area contributed by atoms with E-state index in [1.807, 2.05) is 6.92 Å². The molecule has 1 aromatic carbocycles. The van der Waals surface area contributed by atoms with Gasteiger partial charge in [0.05, 0.1) is 24.7 Å². The first-order chi connectivity index (χ1) is 11.4. The van der Waals surface area contributed by atoms with E-state index in [0.29, 0.717) is 12.8 Å². The highest BCUT2D eigenvalue weighted by Gasteiger charge is 2.52. The van der Waals surface area contributed by atoms with Crippen molar-refractivity contribution < 1.29 is 26.9 Å². The van der Waals surface area contributed by atoms with E-state index in [4.69, 9.17) is 13.7 Å². The number of carbonyl (C=O) groups excluding carboxylic acids is 1. The normalized spacial score (nSPS) is 29.4. The van der Waals surface area contributed by atoms with E-state index in [1.54, 1.807) is 12.1 Å². The summed E-state index contributed by atoms with van der Waals surface area (Å²) in [6, 6.07) is 6.49. The highest BCUT2D eigenvalue weighted by atomic mass is 32.2. The smallest absolute Gasteiger partial charge is 0.338 e. The number of rotatable bonds is 5. The molecule has 2 bridgehead atoms. The van der Waals surface area contributed by atoms with Gasteiger partial charge in [0.25, 0.3) is 10.1 Å². The maximum Gasteiger partial charge on any atom is 0.338 e. The molecule has 1 atom stereocenters. The van der Waals surface area contributed by atoms with Gasteiger partial charge >= 0.3 is 5.97 Å². The zero-order chi connectivity index (χ0) is 17.4. The van der Waals surface area contributed by atoms with E-state index >= 15 is 0 Å². The van der Waals surface area contributed by atoms with Crippen LogP contribution in [0.15, 0.2) is 29.2 Å². The van der Waals surface area contributed by atoms with E-state index in [9.17, 15) is 13.2 Å². The number of fused-ring (bicyclic) bond motifs is 3. The van der Waals surface area contributed by atoms with E-state index in [1.165, 1.54) is 19.2 Å². The number of hydrogen-bond donors (Lipinski definition) is 0. The highest BCUT2D eigenvalue weighted by molar-refractivity contribution is 7.86. The van der Waals surface area contributed by atoms with E-state index < -0.39 is 21.8 Å². The molecule has 2 saturated heterocycles. The third-order valence-electron chi connectivity index (χ3n) is 5.00. The Hall–Kier alpha value is -1.44. The largest absolute Gasteiger partial charge is 0.467 e. The van der Waals surface area contributed by atoms with Crippen LogP contribution in [0.25, 0.3) is 0 Å². The summed E-state index contributed by atoms with van der Waals surface area (Å²) in [7, 11) is -2.49. The Morgan fingerprint density at radius 3 is 2.46 bits per heavy atom. The average molecular weight is 354 g/mol. The molecule has 3 fully saturated rings.